The number of carbonyl (C=O) groups is 1. The molecule has 6 heteroatoms. The first kappa shape index (κ1) is 20.1. The second kappa shape index (κ2) is 8.69. The number of aryl methyl sites for hydroxylation is 1. The number of benzene rings is 2. The number of aromatic nitrogens is 2. The minimum absolute atomic E-state index is 0.00946. The van der Waals surface area contributed by atoms with Crippen molar-refractivity contribution in [3.8, 4) is 11.4 Å². The minimum Gasteiger partial charge on any atom is -0.326 e. The number of anilines is 2. The van der Waals surface area contributed by atoms with E-state index >= 15 is 0 Å². The second-order valence-corrected chi connectivity index (χ2v) is 8.24. The van der Waals surface area contributed by atoms with E-state index in [9.17, 15) is 4.79 Å². The Bertz CT molecular complexity index is 1000. The molecule has 0 radical (unpaired) electrons. The van der Waals surface area contributed by atoms with E-state index in [-0.39, 0.29) is 11.8 Å². The van der Waals surface area contributed by atoms with Gasteiger partial charge in [-0.05, 0) is 48.9 Å². The number of nitrogens with zero attached hydrogens (tertiary/aromatic N) is 3. The van der Waals surface area contributed by atoms with Crippen LogP contribution in [0.4, 0.5) is 11.7 Å². The molecular weight excluding hydrogens is 376 g/mol. The highest BCUT2D eigenvalue weighted by atomic mass is 16.5. The van der Waals surface area contributed by atoms with Crippen molar-refractivity contribution in [1.82, 2.24) is 10.1 Å². The molecule has 0 aliphatic carbocycles. The molecule has 3 aromatic rings. The average molecular weight is 405 g/mol. The Balaban J connectivity index is 1.34. The maximum atomic E-state index is 12.7. The van der Waals surface area contributed by atoms with Crippen LogP contribution in [0.5, 0.6) is 0 Å². The van der Waals surface area contributed by atoms with Crippen molar-refractivity contribution in [3.63, 3.8) is 0 Å². The van der Waals surface area contributed by atoms with Crippen LogP contribution >= 0.6 is 0 Å². The maximum Gasteiger partial charge on any atom is 0.324 e. The summed E-state index contributed by atoms with van der Waals surface area (Å²) in [4.78, 5) is 19.3. The lowest BCUT2D eigenvalue weighted by molar-refractivity contribution is -0.120. The van der Waals surface area contributed by atoms with Gasteiger partial charge in [0.15, 0.2) is 0 Å². The Labute approximate surface area is 177 Å². The fourth-order valence-electron chi connectivity index (χ4n) is 3.81. The van der Waals surface area contributed by atoms with Gasteiger partial charge >= 0.3 is 6.01 Å². The highest BCUT2D eigenvalue weighted by molar-refractivity contribution is 5.92. The second-order valence-electron chi connectivity index (χ2n) is 8.24. The summed E-state index contributed by atoms with van der Waals surface area (Å²) in [5, 5.41) is 7.20. The number of rotatable bonds is 5. The highest BCUT2D eigenvalue weighted by Crippen LogP contribution is 2.27. The topological polar surface area (TPSA) is 71.3 Å². The van der Waals surface area contributed by atoms with Gasteiger partial charge in [0.1, 0.15) is 0 Å². The number of piperidine rings is 1. The van der Waals surface area contributed by atoms with Crippen LogP contribution in [-0.4, -0.2) is 29.1 Å². The molecule has 0 bridgehead atoms. The molecule has 1 aromatic heterocycles. The van der Waals surface area contributed by atoms with Gasteiger partial charge in [-0.1, -0.05) is 55.4 Å². The molecule has 6 nitrogen and oxygen atoms in total. The third-order valence-corrected chi connectivity index (χ3v) is 5.78. The van der Waals surface area contributed by atoms with E-state index in [1.165, 1.54) is 5.56 Å². The predicted octanol–water partition coefficient (Wildman–Crippen LogP) is 5.02. The lowest BCUT2D eigenvalue weighted by Gasteiger charge is -2.29. The normalized spacial score (nSPS) is 14.9. The number of carbonyl (C=O) groups excluding carboxylic acids is 1. The van der Waals surface area contributed by atoms with Crippen molar-refractivity contribution in [3.05, 3.63) is 59.7 Å². The molecule has 1 N–H and O–H groups in total. The number of amides is 1. The van der Waals surface area contributed by atoms with Crippen molar-refractivity contribution in [2.75, 3.05) is 23.3 Å². The third-order valence-electron chi connectivity index (χ3n) is 5.78. The molecule has 1 amide bonds. The van der Waals surface area contributed by atoms with Gasteiger partial charge in [-0.2, -0.15) is 4.98 Å². The molecule has 2 heterocycles. The van der Waals surface area contributed by atoms with Gasteiger partial charge in [-0.15, -0.1) is 0 Å². The van der Waals surface area contributed by atoms with Crippen molar-refractivity contribution < 1.29 is 9.32 Å². The lowest BCUT2D eigenvalue weighted by Crippen LogP contribution is -2.38. The molecule has 2 aromatic carbocycles. The van der Waals surface area contributed by atoms with Crippen LogP contribution in [0.25, 0.3) is 11.4 Å². The summed E-state index contributed by atoms with van der Waals surface area (Å²) < 4.78 is 5.50. The van der Waals surface area contributed by atoms with Crippen molar-refractivity contribution >= 4 is 17.6 Å². The zero-order chi connectivity index (χ0) is 21.1. The molecule has 0 unspecified atom stereocenters. The van der Waals surface area contributed by atoms with Gasteiger partial charge in [-0.3, -0.25) is 4.79 Å². The molecule has 1 aliphatic rings. The van der Waals surface area contributed by atoms with Crippen molar-refractivity contribution in [2.45, 2.75) is 39.5 Å². The van der Waals surface area contributed by atoms with E-state index < -0.39 is 0 Å². The summed E-state index contributed by atoms with van der Waals surface area (Å²) in [6, 6.07) is 16.6. The molecule has 0 saturated carbocycles. The van der Waals surface area contributed by atoms with E-state index in [1.807, 2.05) is 43.3 Å². The summed E-state index contributed by atoms with van der Waals surface area (Å²) in [7, 11) is 0. The molecule has 0 atom stereocenters. The molecule has 156 valence electrons. The zero-order valence-electron chi connectivity index (χ0n) is 17.8. The Morgan fingerprint density at radius 1 is 1.10 bits per heavy atom. The van der Waals surface area contributed by atoms with Crippen molar-refractivity contribution in [1.29, 1.82) is 0 Å². The Kier molecular flexibility index (Phi) is 5.84. The summed E-state index contributed by atoms with van der Waals surface area (Å²) in [6.45, 7) is 7.80. The van der Waals surface area contributed by atoms with Crippen LogP contribution in [0.1, 0.15) is 43.7 Å². The number of hydrogen-bond donors (Lipinski definition) is 1. The number of hydrogen-bond acceptors (Lipinski definition) is 5. The molecule has 1 aliphatic heterocycles. The van der Waals surface area contributed by atoms with E-state index in [4.69, 9.17) is 4.52 Å². The summed E-state index contributed by atoms with van der Waals surface area (Å²) in [5.41, 5.74) is 4.21. The first-order valence-corrected chi connectivity index (χ1v) is 10.6. The Morgan fingerprint density at radius 2 is 1.80 bits per heavy atom. The van der Waals surface area contributed by atoms with Gasteiger partial charge in [-0.25, -0.2) is 0 Å². The molecule has 1 fully saturated rings. The van der Waals surface area contributed by atoms with Crippen LogP contribution in [0.3, 0.4) is 0 Å². The standard InChI is InChI=1S/C24H28N4O2/c1-16(2)18-8-10-20(11-9-18)25-23(29)19-12-14-28(15-13-19)24-26-22(27-30-24)21-7-5-4-6-17(21)3/h4-11,16,19H,12-15H2,1-3H3,(H,25,29). The number of nitrogens with one attached hydrogen (secondary N) is 1. The van der Waals surface area contributed by atoms with E-state index in [2.05, 4.69) is 46.3 Å². The van der Waals surface area contributed by atoms with E-state index in [0.717, 1.165) is 42.7 Å². The minimum atomic E-state index is -0.00946. The molecule has 0 spiro atoms. The third kappa shape index (κ3) is 4.37. The quantitative estimate of drug-likeness (QED) is 0.646. The first-order valence-electron chi connectivity index (χ1n) is 10.6. The zero-order valence-corrected chi connectivity index (χ0v) is 17.8. The van der Waals surface area contributed by atoms with Gasteiger partial charge in [0, 0.05) is 30.3 Å². The largest absolute Gasteiger partial charge is 0.326 e. The monoisotopic (exact) mass is 404 g/mol. The SMILES string of the molecule is Cc1ccccc1-c1noc(N2CCC(C(=O)Nc3ccc(C(C)C)cc3)CC2)n1. The smallest absolute Gasteiger partial charge is 0.324 e. The first-order chi connectivity index (χ1) is 14.5. The summed E-state index contributed by atoms with van der Waals surface area (Å²) >= 11 is 0. The average Bonchev–Trinajstić information content (AvgIpc) is 3.24. The van der Waals surface area contributed by atoms with Crippen LogP contribution in [-0.2, 0) is 4.79 Å². The van der Waals surface area contributed by atoms with Gasteiger partial charge in [0.25, 0.3) is 0 Å². The van der Waals surface area contributed by atoms with Crippen LogP contribution in [0, 0.1) is 12.8 Å². The van der Waals surface area contributed by atoms with Crippen LogP contribution in [0.2, 0.25) is 0 Å². The van der Waals surface area contributed by atoms with Crippen LogP contribution < -0.4 is 10.2 Å². The predicted molar refractivity (Wildman–Crippen MR) is 119 cm³/mol. The fourth-order valence-corrected chi connectivity index (χ4v) is 3.81. The lowest BCUT2D eigenvalue weighted by atomic mass is 9.96. The van der Waals surface area contributed by atoms with Crippen molar-refractivity contribution in [2.24, 2.45) is 5.92 Å². The molecular formula is C24H28N4O2. The van der Waals surface area contributed by atoms with Gasteiger partial charge in [0.05, 0.1) is 0 Å². The van der Waals surface area contributed by atoms with Gasteiger partial charge < -0.3 is 14.7 Å². The van der Waals surface area contributed by atoms with Gasteiger partial charge in [0.2, 0.25) is 11.7 Å². The summed E-state index contributed by atoms with van der Waals surface area (Å²) in [5.74, 6) is 1.16. The Morgan fingerprint density at radius 3 is 2.47 bits per heavy atom. The molecule has 1 saturated heterocycles. The fraction of sp³-hybridized carbons (Fsp3) is 0.375. The molecule has 4 rings (SSSR count). The summed E-state index contributed by atoms with van der Waals surface area (Å²) in [6.07, 6.45) is 1.52. The van der Waals surface area contributed by atoms with Crippen LogP contribution in [0.15, 0.2) is 53.1 Å². The maximum absolute atomic E-state index is 12.7. The Hall–Kier alpha value is -3.15. The van der Waals surface area contributed by atoms with E-state index in [0.29, 0.717) is 17.8 Å². The highest BCUT2D eigenvalue weighted by Gasteiger charge is 2.27. The van der Waals surface area contributed by atoms with E-state index in [1.54, 1.807) is 0 Å². The molecule has 30 heavy (non-hydrogen) atoms.